The number of nitrogens with one attached hydrogen (secondary N) is 1. The van der Waals surface area contributed by atoms with Gasteiger partial charge in [0.15, 0.2) is 0 Å². The average Bonchev–Trinajstić information content (AvgIpc) is 2.17. The first-order valence-corrected chi connectivity index (χ1v) is 4.43. The standard InChI is InChI=1S/C9H17NO2/c1-11-8(10)9(12-2)6-4-3-5-7-9/h10H,3-7H2,1-2H3. The van der Waals surface area contributed by atoms with E-state index in [4.69, 9.17) is 14.9 Å². The summed E-state index contributed by atoms with van der Waals surface area (Å²) in [6.07, 6.45) is 5.38. The molecule has 0 bridgehead atoms. The van der Waals surface area contributed by atoms with Crippen LogP contribution in [0.3, 0.4) is 0 Å². The van der Waals surface area contributed by atoms with E-state index in [9.17, 15) is 0 Å². The lowest BCUT2D eigenvalue weighted by atomic mass is 9.84. The van der Waals surface area contributed by atoms with Gasteiger partial charge in [0.25, 0.3) is 0 Å². The Kier molecular flexibility index (Phi) is 3.09. The van der Waals surface area contributed by atoms with Crippen LogP contribution in [0.4, 0.5) is 0 Å². The molecule has 0 radical (unpaired) electrons. The van der Waals surface area contributed by atoms with E-state index < -0.39 is 5.60 Å². The lowest BCUT2D eigenvalue weighted by Gasteiger charge is -2.34. The number of ether oxygens (including phenoxy) is 2. The molecule has 0 unspecified atom stereocenters. The molecular weight excluding hydrogens is 154 g/mol. The third kappa shape index (κ3) is 1.61. The Balaban J connectivity index is 2.66. The van der Waals surface area contributed by atoms with Crippen molar-refractivity contribution in [2.75, 3.05) is 14.2 Å². The molecule has 0 aliphatic heterocycles. The van der Waals surface area contributed by atoms with Gasteiger partial charge in [-0.1, -0.05) is 19.3 Å². The number of hydrogen-bond acceptors (Lipinski definition) is 3. The molecule has 0 atom stereocenters. The fourth-order valence-electron chi connectivity index (χ4n) is 1.83. The molecule has 1 rings (SSSR count). The highest BCUT2D eigenvalue weighted by Gasteiger charge is 2.37. The summed E-state index contributed by atoms with van der Waals surface area (Å²) in [5, 5.41) is 7.63. The van der Waals surface area contributed by atoms with Gasteiger partial charge in [-0.15, -0.1) is 0 Å². The summed E-state index contributed by atoms with van der Waals surface area (Å²) in [7, 11) is 3.20. The van der Waals surface area contributed by atoms with E-state index in [2.05, 4.69) is 0 Å². The van der Waals surface area contributed by atoms with Crippen molar-refractivity contribution in [1.29, 1.82) is 5.41 Å². The molecular formula is C9H17NO2. The molecule has 1 fully saturated rings. The minimum Gasteiger partial charge on any atom is -0.482 e. The first-order chi connectivity index (χ1) is 5.75. The van der Waals surface area contributed by atoms with Gasteiger partial charge in [0.05, 0.1) is 7.11 Å². The van der Waals surface area contributed by atoms with E-state index in [1.54, 1.807) is 7.11 Å². The van der Waals surface area contributed by atoms with Gasteiger partial charge in [0.1, 0.15) is 5.60 Å². The van der Waals surface area contributed by atoms with Gasteiger partial charge in [-0.3, -0.25) is 5.41 Å². The van der Waals surface area contributed by atoms with E-state index in [1.165, 1.54) is 13.5 Å². The molecule has 12 heavy (non-hydrogen) atoms. The zero-order valence-corrected chi connectivity index (χ0v) is 7.85. The SMILES string of the molecule is COC(=N)C1(OC)CCCCC1. The maximum absolute atomic E-state index is 7.63. The number of methoxy groups -OCH3 is 2. The summed E-state index contributed by atoms with van der Waals surface area (Å²) in [6.45, 7) is 0. The summed E-state index contributed by atoms with van der Waals surface area (Å²) >= 11 is 0. The van der Waals surface area contributed by atoms with E-state index in [0.717, 1.165) is 25.7 Å². The number of hydrogen-bond donors (Lipinski definition) is 1. The third-order valence-electron chi connectivity index (χ3n) is 2.67. The van der Waals surface area contributed by atoms with Crippen molar-refractivity contribution in [3.8, 4) is 0 Å². The van der Waals surface area contributed by atoms with Crippen LogP contribution in [0.15, 0.2) is 0 Å². The molecule has 0 spiro atoms. The minimum absolute atomic E-state index is 0.282. The van der Waals surface area contributed by atoms with Crippen LogP contribution in [0.25, 0.3) is 0 Å². The van der Waals surface area contributed by atoms with E-state index >= 15 is 0 Å². The van der Waals surface area contributed by atoms with Crippen molar-refractivity contribution < 1.29 is 9.47 Å². The monoisotopic (exact) mass is 171 g/mol. The van der Waals surface area contributed by atoms with Crippen LogP contribution in [0.5, 0.6) is 0 Å². The molecule has 0 amide bonds. The van der Waals surface area contributed by atoms with E-state index in [0.29, 0.717) is 0 Å². The fraction of sp³-hybridized carbons (Fsp3) is 0.889. The van der Waals surface area contributed by atoms with Crippen LogP contribution in [0.2, 0.25) is 0 Å². The molecule has 1 N–H and O–H groups in total. The van der Waals surface area contributed by atoms with Crippen molar-refractivity contribution in [1.82, 2.24) is 0 Å². The van der Waals surface area contributed by atoms with E-state index in [1.807, 2.05) is 0 Å². The average molecular weight is 171 g/mol. The smallest absolute Gasteiger partial charge is 0.213 e. The Morgan fingerprint density at radius 2 is 1.75 bits per heavy atom. The Bertz CT molecular complexity index is 162. The van der Waals surface area contributed by atoms with Crippen molar-refractivity contribution in [2.24, 2.45) is 0 Å². The molecule has 3 nitrogen and oxygen atoms in total. The Morgan fingerprint density at radius 1 is 1.17 bits per heavy atom. The van der Waals surface area contributed by atoms with Gasteiger partial charge in [-0.25, -0.2) is 0 Å². The lowest BCUT2D eigenvalue weighted by Crippen LogP contribution is -2.42. The van der Waals surface area contributed by atoms with Gasteiger partial charge < -0.3 is 9.47 Å². The van der Waals surface area contributed by atoms with Gasteiger partial charge in [-0.2, -0.15) is 0 Å². The van der Waals surface area contributed by atoms with Gasteiger partial charge in [0, 0.05) is 7.11 Å². The fourth-order valence-corrected chi connectivity index (χ4v) is 1.83. The molecule has 3 heteroatoms. The molecule has 0 heterocycles. The van der Waals surface area contributed by atoms with Crippen LogP contribution >= 0.6 is 0 Å². The summed E-state index contributed by atoms with van der Waals surface area (Å²) in [6, 6.07) is 0. The maximum Gasteiger partial charge on any atom is 0.213 e. The quantitative estimate of drug-likeness (QED) is 0.509. The third-order valence-corrected chi connectivity index (χ3v) is 2.67. The van der Waals surface area contributed by atoms with Crippen LogP contribution in [-0.4, -0.2) is 25.7 Å². The van der Waals surface area contributed by atoms with Crippen molar-refractivity contribution in [3.05, 3.63) is 0 Å². The summed E-state index contributed by atoms with van der Waals surface area (Å²) < 4.78 is 10.3. The zero-order valence-electron chi connectivity index (χ0n) is 7.85. The second-order valence-corrected chi connectivity index (χ2v) is 3.29. The number of rotatable bonds is 2. The summed E-state index contributed by atoms with van der Waals surface area (Å²) in [5.74, 6) is 0.282. The first kappa shape index (κ1) is 9.52. The summed E-state index contributed by atoms with van der Waals surface area (Å²) in [4.78, 5) is 0. The predicted molar refractivity (Wildman–Crippen MR) is 47.6 cm³/mol. The van der Waals surface area contributed by atoms with E-state index in [-0.39, 0.29) is 5.90 Å². The van der Waals surface area contributed by atoms with Gasteiger partial charge in [-0.05, 0) is 12.8 Å². The molecule has 0 aromatic carbocycles. The van der Waals surface area contributed by atoms with Crippen molar-refractivity contribution >= 4 is 5.90 Å². The maximum atomic E-state index is 7.63. The highest BCUT2D eigenvalue weighted by Crippen LogP contribution is 2.32. The topological polar surface area (TPSA) is 42.3 Å². The Labute approximate surface area is 73.6 Å². The van der Waals surface area contributed by atoms with Crippen LogP contribution in [-0.2, 0) is 9.47 Å². The normalized spacial score (nSPS) is 21.8. The highest BCUT2D eigenvalue weighted by atomic mass is 16.5. The first-order valence-electron chi connectivity index (χ1n) is 4.43. The van der Waals surface area contributed by atoms with Crippen LogP contribution < -0.4 is 0 Å². The largest absolute Gasteiger partial charge is 0.482 e. The highest BCUT2D eigenvalue weighted by molar-refractivity contribution is 5.82. The molecule has 1 aliphatic rings. The van der Waals surface area contributed by atoms with Gasteiger partial charge >= 0.3 is 0 Å². The molecule has 0 aromatic heterocycles. The Hall–Kier alpha value is -0.570. The van der Waals surface area contributed by atoms with Crippen LogP contribution in [0.1, 0.15) is 32.1 Å². The molecule has 1 saturated carbocycles. The van der Waals surface area contributed by atoms with Crippen molar-refractivity contribution in [3.63, 3.8) is 0 Å². The molecule has 70 valence electrons. The summed E-state index contributed by atoms with van der Waals surface area (Å²) in [5.41, 5.74) is -0.410. The molecule has 1 aliphatic carbocycles. The second kappa shape index (κ2) is 3.90. The van der Waals surface area contributed by atoms with Crippen LogP contribution in [0, 0.1) is 5.41 Å². The van der Waals surface area contributed by atoms with Crippen molar-refractivity contribution in [2.45, 2.75) is 37.7 Å². The Morgan fingerprint density at radius 3 is 2.17 bits per heavy atom. The zero-order chi connectivity index (χ0) is 9.03. The van der Waals surface area contributed by atoms with Gasteiger partial charge in [0.2, 0.25) is 5.90 Å². The second-order valence-electron chi connectivity index (χ2n) is 3.29. The molecule has 0 aromatic rings. The minimum atomic E-state index is -0.410. The lowest BCUT2D eigenvalue weighted by molar-refractivity contribution is 0.00146. The molecule has 0 saturated heterocycles. The predicted octanol–water partition coefficient (Wildman–Crippen LogP) is 1.96.